The Bertz CT molecular complexity index is 541. The second kappa shape index (κ2) is 5.93. The zero-order valence-corrected chi connectivity index (χ0v) is 17.5. The van der Waals surface area contributed by atoms with Crippen molar-refractivity contribution in [2.24, 2.45) is 40.4 Å². The first kappa shape index (κ1) is 18.7. The lowest BCUT2D eigenvalue weighted by molar-refractivity contribution is -0.183. The van der Waals surface area contributed by atoms with Crippen LogP contribution in [0.4, 0.5) is 0 Å². The van der Waals surface area contributed by atoms with E-state index >= 15 is 0 Å². The van der Waals surface area contributed by atoms with Crippen molar-refractivity contribution in [3.63, 3.8) is 0 Å². The van der Waals surface area contributed by atoms with Crippen molar-refractivity contribution < 1.29 is 15.3 Å². The van der Waals surface area contributed by atoms with Crippen LogP contribution >= 0.6 is 15.9 Å². The van der Waals surface area contributed by atoms with E-state index in [-0.39, 0.29) is 34.0 Å². The lowest BCUT2D eigenvalue weighted by Crippen LogP contribution is -2.67. The summed E-state index contributed by atoms with van der Waals surface area (Å²) in [5, 5.41) is 31.8. The Morgan fingerprint density at radius 2 is 1.76 bits per heavy atom. The van der Waals surface area contributed by atoms with Gasteiger partial charge in [0.15, 0.2) is 0 Å². The second-order valence-electron chi connectivity index (χ2n) is 10.3. The Morgan fingerprint density at radius 1 is 1.04 bits per heavy atom. The average Bonchev–Trinajstić information content (AvgIpc) is 2.82. The van der Waals surface area contributed by atoms with E-state index in [0.717, 1.165) is 44.9 Å². The van der Waals surface area contributed by atoms with E-state index in [9.17, 15) is 15.3 Å². The number of alkyl halides is 1. The van der Waals surface area contributed by atoms with Crippen LogP contribution in [0, 0.1) is 40.4 Å². The highest BCUT2D eigenvalue weighted by atomic mass is 79.9. The Morgan fingerprint density at radius 3 is 2.44 bits per heavy atom. The zero-order valence-electron chi connectivity index (χ0n) is 15.9. The van der Waals surface area contributed by atoms with Crippen molar-refractivity contribution in [1.82, 2.24) is 0 Å². The predicted octanol–water partition coefficient (Wildman–Crippen LogP) is 3.73. The molecule has 3 N–H and O–H groups in total. The highest BCUT2D eigenvalue weighted by Gasteiger charge is 2.69. The van der Waals surface area contributed by atoms with E-state index in [4.69, 9.17) is 0 Å². The molecule has 0 amide bonds. The largest absolute Gasteiger partial charge is 0.396 e. The van der Waals surface area contributed by atoms with Gasteiger partial charge in [-0.3, -0.25) is 0 Å². The normalized spacial score (nSPS) is 61.3. The summed E-state index contributed by atoms with van der Waals surface area (Å²) in [6.07, 6.45) is 6.43. The number of aliphatic hydroxyl groups is 3. The first-order valence-electron chi connectivity index (χ1n) is 10.4. The number of halogens is 1. The molecule has 0 aliphatic heterocycles. The molecule has 25 heavy (non-hydrogen) atoms. The molecule has 3 nitrogen and oxygen atoms in total. The molecule has 4 saturated carbocycles. The van der Waals surface area contributed by atoms with Crippen LogP contribution in [-0.4, -0.2) is 38.5 Å². The molecular weight excluding hydrogens is 380 g/mol. The molecule has 0 radical (unpaired) electrons. The van der Waals surface area contributed by atoms with Crippen molar-refractivity contribution in [2.45, 2.75) is 82.2 Å². The summed E-state index contributed by atoms with van der Waals surface area (Å²) >= 11 is 4.10. The van der Waals surface area contributed by atoms with E-state index in [0.29, 0.717) is 29.6 Å². The van der Waals surface area contributed by atoms with E-state index in [1.54, 1.807) is 0 Å². The van der Waals surface area contributed by atoms with E-state index in [1.807, 2.05) is 0 Å². The van der Waals surface area contributed by atoms with Crippen molar-refractivity contribution in [1.29, 1.82) is 0 Å². The van der Waals surface area contributed by atoms with Gasteiger partial charge in [0.1, 0.15) is 0 Å². The molecule has 0 aromatic heterocycles. The predicted molar refractivity (Wildman–Crippen MR) is 102 cm³/mol. The van der Waals surface area contributed by atoms with Crippen molar-refractivity contribution >= 4 is 15.9 Å². The molecule has 0 aromatic rings. The van der Waals surface area contributed by atoms with Crippen LogP contribution in [0.2, 0.25) is 0 Å². The van der Waals surface area contributed by atoms with E-state index in [2.05, 4.69) is 36.7 Å². The molecular formula is C21H35BrO3. The maximum Gasteiger partial charge on any atom is 0.0596 e. The van der Waals surface area contributed by atoms with Gasteiger partial charge in [0.2, 0.25) is 0 Å². The maximum atomic E-state index is 10.7. The minimum absolute atomic E-state index is 0.0653. The van der Waals surface area contributed by atoms with Gasteiger partial charge in [-0.15, -0.1) is 0 Å². The summed E-state index contributed by atoms with van der Waals surface area (Å²) < 4.78 is -0.155. The van der Waals surface area contributed by atoms with Crippen LogP contribution in [0.25, 0.3) is 0 Å². The number of rotatable bonds is 1. The number of hydrogen-bond donors (Lipinski definition) is 3. The Labute approximate surface area is 160 Å². The molecule has 0 heterocycles. The van der Waals surface area contributed by atoms with Crippen molar-refractivity contribution in [3.05, 3.63) is 0 Å². The lowest BCUT2D eigenvalue weighted by atomic mass is 9.40. The second-order valence-corrected chi connectivity index (χ2v) is 11.8. The van der Waals surface area contributed by atoms with Gasteiger partial charge in [-0.25, -0.2) is 0 Å². The fourth-order valence-corrected chi connectivity index (χ4v) is 10.00. The van der Waals surface area contributed by atoms with Gasteiger partial charge < -0.3 is 15.3 Å². The maximum absolute atomic E-state index is 10.7. The molecule has 4 aliphatic carbocycles. The Kier molecular flexibility index (Phi) is 4.44. The first-order valence-corrected chi connectivity index (χ1v) is 11.1. The highest BCUT2D eigenvalue weighted by Crippen LogP contribution is 2.71. The Hall–Kier alpha value is 0.360. The number of hydrogen-bond acceptors (Lipinski definition) is 3. The third-order valence-corrected chi connectivity index (χ3v) is 10.8. The standard InChI is InChI=1S/C21H35BrO3/c1-12-9-20(22)10-14(24)8-13(2)21(20,11-23)16-6-7-19(3)15(18(12)16)4-5-17(19)25/h12-18,23-25H,4-11H2,1-3H3/t12-,13-,14+,15+,16+,17+,18+,19+,20-,21-/m1/s1. The number of fused-ring (bicyclic) bond motifs is 5. The quantitative estimate of drug-likeness (QED) is 0.572. The smallest absolute Gasteiger partial charge is 0.0596 e. The van der Waals surface area contributed by atoms with Crippen LogP contribution in [0.3, 0.4) is 0 Å². The van der Waals surface area contributed by atoms with Crippen LogP contribution in [-0.2, 0) is 0 Å². The fourth-order valence-electron chi connectivity index (χ4n) is 8.30. The van der Waals surface area contributed by atoms with Crippen LogP contribution in [0.5, 0.6) is 0 Å². The topological polar surface area (TPSA) is 60.7 Å². The van der Waals surface area contributed by atoms with Gasteiger partial charge in [-0.1, -0.05) is 36.7 Å². The fraction of sp³-hybridized carbons (Fsp3) is 1.00. The van der Waals surface area contributed by atoms with Crippen molar-refractivity contribution in [3.8, 4) is 0 Å². The third kappa shape index (κ3) is 2.26. The molecule has 144 valence electrons. The molecule has 0 unspecified atom stereocenters. The molecule has 4 aliphatic rings. The summed E-state index contributed by atoms with van der Waals surface area (Å²) in [4.78, 5) is 0. The highest BCUT2D eigenvalue weighted by molar-refractivity contribution is 9.10. The van der Waals surface area contributed by atoms with Gasteiger partial charge in [-0.05, 0) is 80.0 Å². The minimum Gasteiger partial charge on any atom is -0.396 e. The van der Waals surface area contributed by atoms with Crippen LogP contribution < -0.4 is 0 Å². The summed E-state index contributed by atoms with van der Waals surface area (Å²) in [5.74, 6) is 2.54. The zero-order chi connectivity index (χ0) is 18.2. The Balaban J connectivity index is 1.78. The summed E-state index contributed by atoms with van der Waals surface area (Å²) in [6.45, 7) is 7.16. The first-order chi connectivity index (χ1) is 11.7. The average molecular weight is 415 g/mol. The molecule has 4 heteroatoms. The monoisotopic (exact) mass is 414 g/mol. The van der Waals surface area contributed by atoms with Crippen LogP contribution in [0.1, 0.15) is 65.7 Å². The van der Waals surface area contributed by atoms with E-state index < -0.39 is 0 Å². The van der Waals surface area contributed by atoms with Gasteiger partial charge >= 0.3 is 0 Å². The SMILES string of the molecule is C[C@@H]1C[C@@]2(Br)C[C@@H](O)C[C@@H](C)[C@]2(CO)[C@H]2CC[C@]3(C)[C@@H](O)CC[C@H]3[C@H]12. The van der Waals surface area contributed by atoms with Gasteiger partial charge in [0.05, 0.1) is 18.8 Å². The molecule has 0 bridgehead atoms. The molecule has 0 spiro atoms. The summed E-state index contributed by atoms with van der Waals surface area (Å²) in [6, 6.07) is 0. The van der Waals surface area contributed by atoms with Crippen molar-refractivity contribution in [2.75, 3.05) is 6.61 Å². The van der Waals surface area contributed by atoms with Gasteiger partial charge in [-0.2, -0.15) is 0 Å². The molecule has 10 atom stereocenters. The minimum atomic E-state index is -0.264. The molecule has 0 saturated heterocycles. The van der Waals surface area contributed by atoms with Crippen LogP contribution in [0.15, 0.2) is 0 Å². The third-order valence-electron chi connectivity index (χ3n) is 9.41. The molecule has 4 rings (SSSR count). The summed E-state index contributed by atoms with van der Waals surface area (Å²) in [5.41, 5.74) is -0.0753. The van der Waals surface area contributed by atoms with E-state index in [1.165, 1.54) is 0 Å². The number of aliphatic hydroxyl groups excluding tert-OH is 3. The molecule has 0 aromatic carbocycles. The van der Waals surface area contributed by atoms with Gasteiger partial charge in [0, 0.05) is 9.74 Å². The molecule has 4 fully saturated rings. The van der Waals surface area contributed by atoms with Gasteiger partial charge in [0.25, 0.3) is 0 Å². The summed E-state index contributed by atoms with van der Waals surface area (Å²) in [7, 11) is 0. The lowest BCUT2D eigenvalue weighted by Gasteiger charge is -2.68.